The number of aliphatic hydroxyl groups is 1. The molecule has 6 nitrogen and oxygen atoms in total. The van der Waals surface area contributed by atoms with E-state index in [1.807, 2.05) is 0 Å². The number of nitro benzene ring substituents is 1. The number of amides is 1. The lowest BCUT2D eigenvalue weighted by atomic mass is 10.0. The molecule has 0 aliphatic rings. The van der Waals surface area contributed by atoms with Gasteiger partial charge in [0.15, 0.2) is 0 Å². The number of benzene rings is 1. The molecule has 1 aromatic rings. The van der Waals surface area contributed by atoms with Crippen molar-refractivity contribution in [3.8, 4) is 0 Å². The van der Waals surface area contributed by atoms with Crippen LogP contribution in [-0.2, 0) is 0 Å². The van der Waals surface area contributed by atoms with Crippen LogP contribution in [0.4, 0.5) is 5.69 Å². The monoisotopic (exact) mass is 286 g/mol. The lowest BCUT2D eigenvalue weighted by Gasteiger charge is -2.33. The lowest BCUT2D eigenvalue weighted by Crippen LogP contribution is -2.47. The van der Waals surface area contributed by atoms with Gasteiger partial charge in [-0.25, -0.2) is 0 Å². The molecule has 0 aliphatic heterocycles. The van der Waals surface area contributed by atoms with Crippen molar-refractivity contribution < 1.29 is 14.8 Å². The van der Waals surface area contributed by atoms with Crippen molar-refractivity contribution >= 4 is 23.2 Å². The van der Waals surface area contributed by atoms with Crippen LogP contribution < -0.4 is 0 Å². The van der Waals surface area contributed by atoms with E-state index in [2.05, 4.69) is 0 Å². The van der Waals surface area contributed by atoms with Crippen LogP contribution in [0.15, 0.2) is 18.2 Å². The highest BCUT2D eigenvalue weighted by molar-refractivity contribution is 6.32. The average molecular weight is 287 g/mol. The van der Waals surface area contributed by atoms with Crippen molar-refractivity contribution in [2.45, 2.75) is 19.4 Å². The molecule has 0 aromatic heterocycles. The molecule has 0 saturated heterocycles. The van der Waals surface area contributed by atoms with Crippen molar-refractivity contribution in [3.63, 3.8) is 0 Å². The van der Waals surface area contributed by atoms with E-state index in [4.69, 9.17) is 11.6 Å². The van der Waals surface area contributed by atoms with E-state index in [9.17, 15) is 20.0 Å². The van der Waals surface area contributed by atoms with Crippen molar-refractivity contribution in [1.29, 1.82) is 0 Å². The first-order chi connectivity index (χ1) is 8.70. The standard InChI is InChI=1S/C12H15ClN2O4/c1-12(2,7-16)14(3)11(17)8-4-5-9(13)10(6-8)15(18)19/h4-6,16H,7H2,1-3H3. The third kappa shape index (κ3) is 3.21. The Balaban J connectivity index is 3.14. The van der Waals surface area contributed by atoms with Gasteiger partial charge in [0.1, 0.15) is 5.02 Å². The number of aliphatic hydroxyl groups excluding tert-OH is 1. The molecule has 1 rings (SSSR count). The van der Waals surface area contributed by atoms with E-state index in [1.165, 1.54) is 24.1 Å². The molecular weight excluding hydrogens is 272 g/mol. The van der Waals surface area contributed by atoms with Crippen molar-refractivity contribution in [3.05, 3.63) is 38.9 Å². The Hall–Kier alpha value is -1.66. The van der Waals surface area contributed by atoms with Gasteiger partial charge in [0.25, 0.3) is 11.6 Å². The summed E-state index contributed by atoms with van der Waals surface area (Å²) >= 11 is 5.69. The molecule has 0 aliphatic carbocycles. The van der Waals surface area contributed by atoms with Crippen LogP contribution in [-0.4, -0.2) is 40.0 Å². The number of hydrogen-bond donors (Lipinski definition) is 1. The van der Waals surface area contributed by atoms with Gasteiger partial charge < -0.3 is 10.0 Å². The van der Waals surface area contributed by atoms with Crippen LogP contribution in [0.25, 0.3) is 0 Å². The molecular formula is C12H15ClN2O4. The summed E-state index contributed by atoms with van der Waals surface area (Å²) in [5.41, 5.74) is -0.922. The second-order valence-electron chi connectivity index (χ2n) is 4.76. The van der Waals surface area contributed by atoms with Crippen LogP contribution in [0, 0.1) is 10.1 Å². The number of halogens is 1. The minimum Gasteiger partial charge on any atom is -0.394 e. The highest BCUT2D eigenvalue weighted by Crippen LogP contribution is 2.26. The molecule has 0 atom stereocenters. The first kappa shape index (κ1) is 15.4. The maximum Gasteiger partial charge on any atom is 0.288 e. The third-order valence-corrected chi connectivity index (χ3v) is 3.31. The summed E-state index contributed by atoms with van der Waals surface area (Å²) in [6.07, 6.45) is 0. The molecule has 19 heavy (non-hydrogen) atoms. The zero-order valence-electron chi connectivity index (χ0n) is 10.9. The summed E-state index contributed by atoms with van der Waals surface area (Å²) in [7, 11) is 1.53. The van der Waals surface area contributed by atoms with Crippen molar-refractivity contribution in [2.75, 3.05) is 13.7 Å². The van der Waals surface area contributed by atoms with Gasteiger partial charge in [0.2, 0.25) is 0 Å². The fourth-order valence-electron chi connectivity index (χ4n) is 1.36. The Labute approximate surface area is 115 Å². The molecule has 1 N–H and O–H groups in total. The Morgan fingerprint density at radius 3 is 2.58 bits per heavy atom. The molecule has 0 spiro atoms. The highest BCUT2D eigenvalue weighted by Gasteiger charge is 2.28. The second-order valence-corrected chi connectivity index (χ2v) is 5.17. The molecule has 7 heteroatoms. The van der Waals surface area contributed by atoms with Crippen LogP contribution in [0.3, 0.4) is 0 Å². The smallest absolute Gasteiger partial charge is 0.288 e. The summed E-state index contributed by atoms with van der Waals surface area (Å²) in [5, 5.41) is 20.0. The second kappa shape index (κ2) is 5.54. The van der Waals surface area contributed by atoms with Crippen LogP contribution in [0.1, 0.15) is 24.2 Å². The zero-order valence-corrected chi connectivity index (χ0v) is 11.6. The maximum atomic E-state index is 12.2. The quantitative estimate of drug-likeness (QED) is 0.678. The Morgan fingerprint density at radius 1 is 1.53 bits per heavy atom. The summed E-state index contributed by atoms with van der Waals surface area (Å²) in [5.74, 6) is -0.418. The SMILES string of the molecule is CN(C(=O)c1ccc(Cl)c([N+](=O)[O-])c1)C(C)(C)CO. The topological polar surface area (TPSA) is 83.7 Å². The molecule has 104 valence electrons. The van der Waals surface area contributed by atoms with Crippen LogP contribution >= 0.6 is 11.6 Å². The number of likely N-dealkylation sites (N-methyl/N-ethyl adjacent to an activating group) is 1. The van der Waals surface area contributed by atoms with E-state index < -0.39 is 16.4 Å². The Morgan fingerprint density at radius 2 is 2.11 bits per heavy atom. The first-order valence-corrected chi connectivity index (χ1v) is 5.91. The maximum absolute atomic E-state index is 12.2. The van der Waals surface area contributed by atoms with Gasteiger partial charge in [-0.2, -0.15) is 0 Å². The van der Waals surface area contributed by atoms with Gasteiger partial charge in [0.05, 0.1) is 17.1 Å². The van der Waals surface area contributed by atoms with E-state index in [0.717, 1.165) is 6.07 Å². The van der Waals surface area contributed by atoms with Gasteiger partial charge >= 0.3 is 0 Å². The van der Waals surface area contributed by atoms with E-state index >= 15 is 0 Å². The molecule has 1 amide bonds. The molecule has 1 aromatic carbocycles. The number of hydrogen-bond acceptors (Lipinski definition) is 4. The lowest BCUT2D eigenvalue weighted by molar-refractivity contribution is -0.384. The number of carbonyl (C=O) groups excluding carboxylic acids is 1. The van der Waals surface area contributed by atoms with Gasteiger partial charge in [-0.1, -0.05) is 11.6 Å². The predicted octanol–water partition coefficient (Wildman–Crippen LogP) is 2.09. The molecule has 0 heterocycles. The molecule has 0 fully saturated rings. The van der Waals surface area contributed by atoms with Crippen molar-refractivity contribution in [1.82, 2.24) is 4.90 Å². The normalized spacial score (nSPS) is 11.2. The van der Waals surface area contributed by atoms with Crippen LogP contribution in [0.5, 0.6) is 0 Å². The largest absolute Gasteiger partial charge is 0.394 e. The van der Waals surface area contributed by atoms with E-state index in [0.29, 0.717) is 0 Å². The molecule has 0 radical (unpaired) electrons. The zero-order chi connectivity index (χ0) is 14.8. The summed E-state index contributed by atoms with van der Waals surface area (Å²) < 4.78 is 0. The van der Waals surface area contributed by atoms with Gasteiger partial charge in [-0.15, -0.1) is 0 Å². The van der Waals surface area contributed by atoms with Gasteiger partial charge in [-0.3, -0.25) is 14.9 Å². The number of carbonyl (C=O) groups is 1. The average Bonchev–Trinajstić information content (AvgIpc) is 2.37. The summed E-state index contributed by atoms with van der Waals surface area (Å²) in [6, 6.07) is 3.86. The Bertz CT molecular complexity index is 516. The predicted molar refractivity (Wildman–Crippen MR) is 71.4 cm³/mol. The summed E-state index contributed by atoms with van der Waals surface area (Å²) in [4.78, 5) is 23.7. The minimum atomic E-state index is -0.758. The van der Waals surface area contributed by atoms with Gasteiger partial charge in [0, 0.05) is 18.7 Å². The number of nitrogens with zero attached hydrogens (tertiary/aromatic N) is 2. The molecule has 0 bridgehead atoms. The Kier molecular flexibility index (Phi) is 4.49. The fourth-order valence-corrected chi connectivity index (χ4v) is 1.55. The van der Waals surface area contributed by atoms with Gasteiger partial charge in [-0.05, 0) is 26.0 Å². The number of nitro groups is 1. The minimum absolute atomic E-state index is 0.0226. The van der Waals surface area contributed by atoms with E-state index in [-0.39, 0.29) is 22.9 Å². The fraction of sp³-hybridized carbons (Fsp3) is 0.417. The van der Waals surface area contributed by atoms with E-state index in [1.54, 1.807) is 13.8 Å². The first-order valence-electron chi connectivity index (χ1n) is 5.53. The third-order valence-electron chi connectivity index (χ3n) is 2.99. The molecule has 0 unspecified atom stereocenters. The van der Waals surface area contributed by atoms with Crippen LogP contribution in [0.2, 0.25) is 5.02 Å². The molecule has 0 saturated carbocycles. The van der Waals surface area contributed by atoms with Crippen molar-refractivity contribution in [2.24, 2.45) is 0 Å². The number of rotatable bonds is 4. The summed E-state index contributed by atoms with van der Waals surface area (Å²) in [6.45, 7) is 3.16. The highest BCUT2D eigenvalue weighted by atomic mass is 35.5.